The summed E-state index contributed by atoms with van der Waals surface area (Å²) in [7, 11) is -4.42. The second kappa shape index (κ2) is 11.5. The van der Waals surface area contributed by atoms with Gasteiger partial charge in [-0.2, -0.15) is 13.5 Å². The third-order valence-corrected chi connectivity index (χ3v) is 6.75. The lowest BCUT2D eigenvalue weighted by molar-refractivity contribution is 0.212. The Morgan fingerprint density at radius 1 is 1.03 bits per heavy atom. The van der Waals surface area contributed by atoms with Crippen LogP contribution in [0.15, 0.2) is 52.3 Å². The first-order valence-electron chi connectivity index (χ1n) is 11.7. The van der Waals surface area contributed by atoms with Crippen LogP contribution in [0.2, 0.25) is 5.02 Å². The van der Waals surface area contributed by atoms with Gasteiger partial charge >= 0.3 is 0 Å². The van der Waals surface area contributed by atoms with Crippen molar-refractivity contribution >= 4 is 21.7 Å². The smallest absolute Gasteiger partial charge is 0.298 e. The predicted molar refractivity (Wildman–Crippen MR) is 141 cm³/mol. The van der Waals surface area contributed by atoms with Gasteiger partial charge in [-0.25, -0.2) is 4.68 Å². The normalized spacial score (nSPS) is 11.9. The highest BCUT2D eigenvalue weighted by molar-refractivity contribution is 7.86. The van der Waals surface area contributed by atoms with Gasteiger partial charge in [-0.05, 0) is 69.0 Å². The largest absolute Gasteiger partial charge is 0.490 e. The van der Waals surface area contributed by atoms with Crippen molar-refractivity contribution < 1.29 is 27.2 Å². The highest BCUT2D eigenvalue weighted by atomic mass is 35.5. The molecule has 0 atom stereocenters. The van der Waals surface area contributed by atoms with Crippen LogP contribution < -0.4 is 19.8 Å². The average molecular weight is 551 g/mol. The summed E-state index contributed by atoms with van der Waals surface area (Å²) in [6.45, 7) is 9.72. The van der Waals surface area contributed by atoms with Crippen LogP contribution in [0.4, 0.5) is 0 Å². The number of rotatable bonds is 10. The molecule has 2 aromatic carbocycles. The van der Waals surface area contributed by atoms with Gasteiger partial charge in [-0.1, -0.05) is 36.7 Å². The predicted octanol–water partition coefficient (Wildman–Crippen LogP) is 4.81. The van der Waals surface area contributed by atoms with Crippen molar-refractivity contribution in [3.05, 3.63) is 74.7 Å². The summed E-state index contributed by atoms with van der Waals surface area (Å²) < 4.78 is 51.5. The van der Waals surface area contributed by atoms with Gasteiger partial charge < -0.3 is 14.2 Å². The van der Waals surface area contributed by atoms with E-state index in [1.807, 2.05) is 34.6 Å². The van der Waals surface area contributed by atoms with Crippen LogP contribution in [0.25, 0.3) is 0 Å². The van der Waals surface area contributed by atoms with Crippen molar-refractivity contribution in [1.29, 1.82) is 0 Å². The summed E-state index contributed by atoms with van der Waals surface area (Å²) in [6.07, 6.45) is 1.98. The molecule has 0 amide bonds. The number of hydrogen-bond donors (Lipinski definition) is 1. The number of halogens is 1. The van der Waals surface area contributed by atoms with Crippen LogP contribution in [0.5, 0.6) is 17.2 Å². The van der Waals surface area contributed by atoms with Gasteiger partial charge in [0.1, 0.15) is 36.2 Å². The fourth-order valence-electron chi connectivity index (χ4n) is 3.65. The zero-order valence-corrected chi connectivity index (χ0v) is 23.0. The second-order valence-electron chi connectivity index (χ2n) is 9.36. The van der Waals surface area contributed by atoms with Crippen LogP contribution >= 0.6 is 11.6 Å². The fraction of sp³-hybridized carbons (Fsp3) is 0.385. The Labute approximate surface area is 221 Å². The molecule has 37 heavy (non-hydrogen) atoms. The van der Waals surface area contributed by atoms with Crippen molar-refractivity contribution in [2.75, 3.05) is 13.2 Å². The van der Waals surface area contributed by atoms with Crippen molar-refractivity contribution in [2.45, 2.75) is 58.1 Å². The molecule has 0 aliphatic rings. The maximum Gasteiger partial charge on any atom is 0.298 e. The maximum absolute atomic E-state index is 12.4. The van der Waals surface area contributed by atoms with Gasteiger partial charge in [-0.15, -0.1) is 0 Å². The molecule has 0 fully saturated rings. The molecular formula is C26H31ClN2O7S. The molecule has 0 saturated carbocycles. The van der Waals surface area contributed by atoms with Crippen LogP contribution in [-0.4, -0.2) is 36.0 Å². The van der Waals surface area contributed by atoms with Crippen LogP contribution in [-0.2, 0) is 28.7 Å². The molecule has 1 N–H and O–H groups in total. The Morgan fingerprint density at radius 2 is 1.68 bits per heavy atom. The summed E-state index contributed by atoms with van der Waals surface area (Å²) in [4.78, 5) is 12.2. The van der Waals surface area contributed by atoms with E-state index in [1.54, 1.807) is 30.3 Å². The fourth-order valence-corrected chi connectivity index (χ4v) is 4.49. The number of hydrogen-bond acceptors (Lipinski definition) is 7. The minimum Gasteiger partial charge on any atom is -0.490 e. The summed E-state index contributed by atoms with van der Waals surface area (Å²) in [5.74, 6) is 0.927. The van der Waals surface area contributed by atoms with Crippen molar-refractivity contribution in [3.8, 4) is 17.2 Å². The van der Waals surface area contributed by atoms with Crippen molar-refractivity contribution in [3.63, 3.8) is 0 Å². The van der Waals surface area contributed by atoms with E-state index in [0.29, 0.717) is 17.7 Å². The molecule has 0 saturated heterocycles. The molecule has 0 bridgehead atoms. The molecule has 200 valence electrons. The highest BCUT2D eigenvalue weighted by Gasteiger charge is 2.21. The summed E-state index contributed by atoms with van der Waals surface area (Å²) in [6, 6.07) is 10.1. The van der Waals surface area contributed by atoms with Gasteiger partial charge in [0.2, 0.25) is 0 Å². The molecule has 0 spiro atoms. The van der Waals surface area contributed by atoms with E-state index in [9.17, 15) is 17.8 Å². The first-order chi connectivity index (χ1) is 17.3. The van der Waals surface area contributed by atoms with Gasteiger partial charge in [0.25, 0.3) is 15.7 Å². The van der Waals surface area contributed by atoms with Crippen LogP contribution in [0, 0.1) is 6.92 Å². The molecule has 9 nitrogen and oxygen atoms in total. The third kappa shape index (κ3) is 7.03. The second-order valence-corrected chi connectivity index (χ2v) is 11.1. The van der Waals surface area contributed by atoms with Crippen LogP contribution in [0.3, 0.4) is 0 Å². The van der Waals surface area contributed by atoms with E-state index in [2.05, 4.69) is 5.10 Å². The topological polar surface area (TPSA) is 117 Å². The van der Waals surface area contributed by atoms with E-state index >= 15 is 0 Å². The number of aryl methyl sites for hydroxylation is 1. The zero-order valence-electron chi connectivity index (χ0n) is 21.4. The molecule has 3 rings (SSSR count). The Morgan fingerprint density at radius 3 is 2.27 bits per heavy atom. The lowest BCUT2D eigenvalue weighted by atomic mass is 10.1. The van der Waals surface area contributed by atoms with Crippen molar-refractivity contribution in [2.24, 2.45) is 0 Å². The minimum atomic E-state index is -4.42. The Bertz CT molecular complexity index is 1410. The van der Waals surface area contributed by atoms with Gasteiger partial charge in [0.15, 0.2) is 10.8 Å². The quantitative estimate of drug-likeness (QED) is 0.282. The standard InChI is InChI=1S/C26H31ClN2O7S/c1-6-20-17(2)7-12-22(37(31,32)33)24(20)35-14-13-34-19-10-8-18(9-11-19)16-36-21-15-28-29(26(3,4)5)25(30)23(21)27/h7-12,15H,6,13-14,16H2,1-5H3,(H,31,32,33). The van der Waals surface area contributed by atoms with E-state index in [-0.39, 0.29) is 41.2 Å². The monoisotopic (exact) mass is 550 g/mol. The van der Waals surface area contributed by atoms with Crippen LogP contribution in [0.1, 0.15) is 44.4 Å². The summed E-state index contributed by atoms with van der Waals surface area (Å²) in [5.41, 5.74) is 1.49. The first-order valence-corrected chi connectivity index (χ1v) is 13.5. The molecule has 1 heterocycles. The maximum atomic E-state index is 12.4. The lowest BCUT2D eigenvalue weighted by Gasteiger charge is -2.21. The van der Waals surface area contributed by atoms with Gasteiger partial charge in [0, 0.05) is 0 Å². The molecule has 3 aromatic rings. The molecule has 1 aromatic heterocycles. The number of aromatic nitrogens is 2. The van der Waals surface area contributed by atoms with E-state index in [0.717, 1.165) is 11.1 Å². The molecule has 0 aliphatic heterocycles. The summed E-state index contributed by atoms with van der Waals surface area (Å²) >= 11 is 6.20. The zero-order chi connectivity index (χ0) is 27.4. The Hall–Kier alpha value is -3.08. The van der Waals surface area contributed by atoms with E-state index in [1.165, 1.54) is 16.9 Å². The number of benzene rings is 2. The van der Waals surface area contributed by atoms with Crippen molar-refractivity contribution in [1.82, 2.24) is 9.78 Å². The molecule has 0 aliphatic carbocycles. The first kappa shape index (κ1) is 28.5. The summed E-state index contributed by atoms with van der Waals surface area (Å²) in [5, 5.41) is 4.12. The molecule has 0 unspecified atom stereocenters. The van der Waals surface area contributed by atoms with E-state index < -0.39 is 21.2 Å². The number of ether oxygens (including phenoxy) is 3. The minimum absolute atomic E-state index is 0.0260. The lowest BCUT2D eigenvalue weighted by Crippen LogP contribution is -2.36. The van der Waals surface area contributed by atoms with Gasteiger partial charge in [-0.3, -0.25) is 9.35 Å². The molecule has 11 heteroatoms. The SMILES string of the molecule is CCc1c(C)ccc(S(=O)(=O)O)c1OCCOc1ccc(COc2cnn(C(C)(C)C)c(=O)c2Cl)cc1. The Balaban J connectivity index is 1.57. The van der Waals surface area contributed by atoms with Gasteiger partial charge in [0.05, 0.1) is 11.7 Å². The molecular weight excluding hydrogens is 520 g/mol. The Kier molecular flexibility index (Phi) is 8.88. The molecule has 0 radical (unpaired) electrons. The number of nitrogens with zero attached hydrogens (tertiary/aromatic N) is 2. The average Bonchev–Trinajstić information content (AvgIpc) is 2.82. The van der Waals surface area contributed by atoms with E-state index in [4.69, 9.17) is 25.8 Å². The highest BCUT2D eigenvalue weighted by Crippen LogP contribution is 2.31. The third-order valence-electron chi connectivity index (χ3n) is 5.53.